The van der Waals surface area contributed by atoms with Gasteiger partial charge < -0.3 is 0 Å². The molecule has 12 heteroatoms. The minimum Gasteiger partial charge on any atom is -0.279 e. The summed E-state index contributed by atoms with van der Waals surface area (Å²) in [5.74, 6) is 0. The van der Waals surface area contributed by atoms with Crippen LogP contribution < -0.4 is 4.72 Å². The van der Waals surface area contributed by atoms with Crippen LogP contribution in [-0.2, 0) is 22.4 Å². The Morgan fingerprint density at radius 1 is 0.917 bits per heavy atom. The van der Waals surface area contributed by atoms with Crippen molar-refractivity contribution in [3.8, 4) is 0 Å². The van der Waals surface area contributed by atoms with E-state index in [-0.39, 0.29) is 26.7 Å². The van der Waals surface area contributed by atoms with Gasteiger partial charge in [0.2, 0.25) is 0 Å². The zero-order chi connectivity index (χ0) is 18.3. The first-order chi connectivity index (χ1) is 10.8. The molecule has 1 aromatic carbocycles. The van der Waals surface area contributed by atoms with Crippen LogP contribution in [-0.4, -0.2) is 8.42 Å². The maximum atomic E-state index is 12.7. The van der Waals surface area contributed by atoms with Crippen LogP contribution in [0.1, 0.15) is 11.1 Å². The smallest absolute Gasteiger partial charge is 0.279 e. The van der Waals surface area contributed by atoms with Crippen LogP contribution in [0, 0.1) is 0 Å². The van der Waals surface area contributed by atoms with Crippen LogP contribution in [0.4, 0.5) is 32.0 Å². The van der Waals surface area contributed by atoms with Crippen LogP contribution in [0.5, 0.6) is 0 Å². The fraction of sp³-hybridized carbons (Fsp3) is 0.167. The molecule has 2 aromatic rings. The lowest BCUT2D eigenvalue weighted by Gasteiger charge is -2.15. The molecule has 0 unspecified atom stereocenters. The Hall–Kier alpha value is -1.46. The Kier molecular flexibility index (Phi) is 4.81. The number of hydrogen-bond donors (Lipinski definition) is 1. The van der Waals surface area contributed by atoms with E-state index in [0.29, 0.717) is 11.3 Å². The number of rotatable bonds is 3. The molecule has 0 bridgehead atoms. The van der Waals surface area contributed by atoms with Gasteiger partial charge in [0.15, 0.2) is 0 Å². The van der Waals surface area contributed by atoms with E-state index >= 15 is 0 Å². The Labute approximate surface area is 140 Å². The lowest BCUT2D eigenvalue weighted by Crippen LogP contribution is -2.15. The van der Waals surface area contributed by atoms with Gasteiger partial charge in [0, 0.05) is 0 Å². The van der Waals surface area contributed by atoms with Crippen molar-refractivity contribution >= 4 is 38.6 Å². The average molecular weight is 410 g/mol. The van der Waals surface area contributed by atoms with E-state index in [2.05, 4.69) is 0 Å². The molecule has 0 radical (unpaired) electrons. The van der Waals surface area contributed by atoms with Crippen molar-refractivity contribution < 1.29 is 34.8 Å². The molecule has 0 aliphatic carbocycles. The van der Waals surface area contributed by atoms with Gasteiger partial charge in [0.25, 0.3) is 10.0 Å². The normalized spacial score (nSPS) is 13.1. The first kappa shape index (κ1) is 18.9. The summed E-state index contributed by atoms with van der Waals surface area (Å²) in [4.78, 5) is 0. The van der Waals surface area contributed by atoms with Crippen molar-refractivity contribution in [1.29, 1.82) is 0 Å². The monoisotopic (exact) mass is 409 g/mol. The Morgan fingerprint density at radius 2 is 1.42 bits per heavy atom. The summed E-state index contributed by atoms with van der Waals surface area (Å²) in [6.45, 7) is 0. The quantitative estimate of drug-likeness (QED) is 0.705. The number of halogens is 7. The predicted octanol–water partition coefficient (Wildman–Crippen LogP) is 5.24. The van der Waals surface area contributed by atoms with Gasteiger partial charge in [-0.1, -0.05) is 11.6 Å². The fourth-order valence-corrected chi connectivity index (χ4v) is 4.18. The summed E-state index contributed by atoms with van der Waals surface area (Å²) in [6, 6.07) is 2.77. The SMILES string of the molecule is O=S(=O)(Nc1cc(C(F)(F)F)cc(C(F)(F)F)c1)c1ccc(Cl)s1. The van der Waals surface area contributed by atoms with E-state index in [0.717, 1.165) is 6.07 Å². The van der Waals surface area contributed by atoms with E-state index in [4.69, 9.17) is 11.6 Å². The van der Waals surface area contributed by atoms with Crippen LogP contribution in [0.15, 0.2) is 34.5 Å². The van der Waals surface area contributed by atoms with E-state index < -0.39 is 39.2 Å². The van der Waals surface area contributed by atoms with Crippen LogP contribution in [0.25, 0.3) is 0 Å². The van der Waals surface area contributed by atoms with Gasteiger partial charge in [-0.15, -0.1) is 11.3 Å². The summed E-state index contributed by atoms with van der Waals surface area (Å²) >= 11 is 6.17. The molecule has 2 rings (SSSR count). The molecule has 0 fully saturated rings. The van der Waals surface area contributed by atoms with Gasteiger partial charge in [0.05, 0.1) is 21.2 Å². The van der Waals surface area contributed by atoms with E-state index in [9.17, 15) is 34.8 Å². The van der Waals surface area contributed by atoms with Crippen molar-refractivity contribution in [2.75, 3.05) is 4.72 Å². The lowest BCUT2D eigenvalue weighted by molar-refractivity contribution is -0.143. The predicted molar refractivity (Wildman–Crippen MR) is 76.6 cm³/mol. The molecule has 1 N–H and O–H groups in total. The van der Waals surface area contributed by atoms with Crippen LogP contribution in [0.3, 0.4) is 0 Å². The first-order valence-electron chi connectivity index (χ1n) is 5.87. The fourth-order valence-electron chi connectivity index (χ4n) is 1.66. The van der Waals surface area contributed by atoms with E-state index in [1.54, 1.807) is 4.72 Å². The van der Waals surface area contributed by atoms with Crippen molar-refractivity contribution in [3.05, 3.63) is 45.8 Å². The maximum Gasteiger partial charge on any atom is 0.416 e. The second-order valence-corrected chi connectivity index (χ2v) is 8.08. The molecule has 0 saturated heterocycles. The molecule has 0 amide bonds. The van der Waals surface area contributed by atoms with Crippen molar-refractivity contribution in [3.63, 3.8) is 0 Å². The Bertz CT molecular complexity index is 825. The number of benzene rings is 1. The van der Waals surface area contributed by atoms with Gasteiger partial charge in [-0.2, -0.15) is 26.3 Å². The third-order valence-electron chi connectivity index (χ3n) is 2.65. The summed E-state index contributed by atoms with van der Waals surface area (Å²) in [5.41, 5.74) is -4.11. The summed E-state index contributed by atoms with van der Waals surface area (Å²) in [6.07, 6.45) is -10.2. The molecule has 0 spiro atoms. The average Bonchev–Trinajstić information content (AvgIpc) is 2.83. The molecule has 3 nitrogen and oxygen atoms in total. The zero-order valence-electron chi connectivity index (χ0n) is 11.2. The van der Waals surface area contributed by atoms with Crippen LogP contribution >= 0.6 is 22.9 Å². The molecule has 132 valence electrons. The number of nitrogens with one attached hydrogen (secondary N) is 1. The largest absolute Gasteiger partial charge is 0.416 e. The summed E-state index contributed by atoms with van der Waals surface area (Å²) in [5, 5.41) is 0. The second kappa shape index (κ2) is 6.12. The minimum absolute atomic E-state index is 0.0930. The number of alkyl halides is 6. The van der Waals surface area contributed by atoms with Crippen LogP contribution in [0.2, 0.25) is 4.34 Å². The van der Waals surface area contributed by atoms with Gasteiger partial charge in [-0.05, 0) is 30.3 Å². The van der Waals surface area contributed by atoms with E-state index in [1.807, 2.05) is 0 Å². The Morgan fingerprint density at radius 3 is 1.79 bits per heavy atom. The van der Waals surface area contributed by atoms with E-state index in [1.165, 1.54) is 6.07 Å². The van der Waals surface area contributed by atoms with Gasteiger partial charge >= 0.3 is 12.4 Å². The minimum atomic E-state index is -5.08. The molecule has 1 heterocycles. The van der Waals surface area contributed by atoms with Gasteiger partial charge in [-0.3, -0.25) is 4.72 Å². The van der Waals surface area contributed by atoms with Gasteiger partial charge in [-0.25, -0.2) is 8.42 Å². The van der Waals surface area contributed by atoms with Crippen molar-refractivity contribution in [1.82, 2.24) is 0 Å². The summed E-state index contributed by atoms with van der Waals surface area (Å²) < 4.78 is 102. The topological polar surface area (TPSA) is 46.2 Å². The third kappa shape index (κ3) is 4.33. The maximum absolute atomic E-state index is 12.7. The molecule has 1 aromatic heterocycles. The highest BCUT2D eigenvalue weighted by Gasteiger charge is 2.37. The van der Waals surface area contributed by atoms with Gasteiger partial charge in [0.1, 0.15) is 4.21 Å². The van der Waals surface area contributed by atoms with Crippen molar-refractivity contribution in [2.45, 2.75) is 16.6 Å². The highest BCUT2D eigenvalue weighted by atomic mass is 35.5. The number of sulfonamides is 1. The number of thiophene rings is 1. The third-order valence-corrected chi connectivity index (χ3v) is 5.76. The number of hydrogen-bond acceptors (Lipinski definition) is 3. The zero-order valence-corrected chi connectivity index (χ0v) is 13.6. The molecule has 0 aliphatic heterocycles. The molecular weight excluding hydrogens is 404 g/mol. The molecular formula is C12H6ClF6NO2S2. The second-order valence-electron chi connectivity index (χ2n) is 4.46. The number of anilines is 1. The highest BCUT2D eigenvalue weighted by Crippen LogP contribution is 2.38. The highest BCUT2D eigenvalue weighted by molar-refractivity contribution is 7.94. The standard InChI is InChI=1S/C12H6ClF6NO2S2/c13-9-1-2-10(23-9)24(21,22)20-8-4-6(11(14,15)16)3-7(5-8)12(17,18)19/h1-5,20H. The lowest BCUT2D eigenvalue weighted by atomic mass is 10.1. The molecule has 0 atom stereocenters. The first-order valence-corrected chi connectivity index (χ1v) is 8.54. The van der Waals surface area contributed by atoms with Crippen molar-refractivity contribution in [2.24, 2.45) is 0 Å². The molecule has 24 heavy (non-hydrogen) atoms. The molecule has 0 saturated carbocycles. The summed E-state index contributed by atoms with van der Waals surface area (Å²) in [7, 11) is -4.37. The Balaban J connectivity index is 2.50. The molecule has 0 aliphatic rings.